The molecule has 0 aliphatic heterocycles. The summed E-state index contributed by atoms with van der Waals surface area (Å²) in [5.74, 6) is 0. The Balaban J connectivity index is 2.78. The molecule has 0 atom stereocenters. The van der Waals surface area contributed by atoms with Crippen LogP contribution in [-0.2, 0) is 6.54 Å². The Hall–Kier alpha value is -1.36. The molecule has 0 aliphatic carbocycles. The smallest absolute Gasteiger partial charge is 0.289 e. The molecule has 5 nitrogen and oxygen atoms in total. The number of nitrogens with zero attached hydrogens (tertiary/aromatic N) is 3. The van der Waals surface area contributed by atoms with Gasteiger partial charge in [-0.3, -0.25) is 4.79 Å². The van der Waals surface area contributed by atoms with Crippen LogP contribution in [0.3, 0.4) is 0 Å². The van der Waals surface area contributed by atoms with Crippen LogP contribution in [0.1, 0.15) is 0 Å². The Morgan fingerprint density at radius 2 is 2.31 bits per heavy atom. The van der Waals surface area contributed by atoms with Crippen molar-refractivity contribution >= 4 is 5.69 Å². The first-order valence-electron chi connectivity index (χ1n) is 4.07. The summed E-state index contributed by atoms with van der Waals surface area (Å²) in [6.45, 7) is 1.34. The first-order chi connectivity index (χ1) is 6.11. The van der Waals surface area contributed by atoms with Crippen LogP contribution in [0.5, 0.6) is 0 Å². The maximum absolute atomic E-state index is 11.3. The van der Waals surface area contributed by atoms with Gasteiger partial charge in [0.05, 0.1) is 6.54 Å². The number of anilines is 1. The van der Waals surface area contributed by atoms with E-state index in [1.807, 2.05) is 19.0 Å². The monoisotopic (exact) mass is 182 g/mol. The Kier molecular flexibility index (Phi) is 3.02. The van der Waals surface area contributed by atoms with Crippen LogP contribution in [0.2, 0.25) is 0 Å². The van der Waals surface area contributed by atoms with Crippen molar-refractivity contribution in [1.82, 2.24) is 14.7 Å². The maximum Gasteiger partial charge on any atom is 0.289 e. The number of rotatable bonds is 3. The zero-order valence-electron chi connectivity index (χ0n) is 7.90. The first-order valence-corrected chi connectivity index (χ1v) is 4.07. The van der Waals surface area contributed by atoms with E-state index in [4.69, 9.17) is 5.73 Å². The number of hydrogen-bond donors (Lipinski definition) is 1. The minimum absolute atomic E-state index is 0.218. The third-order valence-corrected chi connectivity index (χ3v) is 1.70. The minimum Gasteiger partial charge on any atom is -0.394 e. The van der Waals surface area contributed by atoms with Crippen LogP contribution >= 0.6 is 0 Å². The molecule has 2 N–H and O–H groups in total. The van der Waals surface area contributed by atoms with E-state index in [1.165, 1.54) is 16.9 Å². The normalized spacial score (nSPS) is 10.7. The summed E-state index contributed by atoms with van der Waals surface area (Å²) in [5.41, 5.74) is 5.47. The van der Waals surface area contributed by atoms with Gasteiger partial charge in [0.1, 0.15) is 5.69 Å². The van der Waals surface area contributed by atoms with Gasteiger partial charge in [0.25, 0.3) is 5.56 Å². The van der Waals surface area contributed by atoms with Crippen molar-refractivity contribution in [2.24, 2.45) is 0 Å². The molecule has 0 amide bonds. The standard InChI is InChI=1S/C8H14N4O/c1-11(2)5-6-12-8(13)7(9)3-4-10-12/h3-4H,5-6,9H2,1-2H3. The molecule has 0 saturated heterocycles. The van der Waals surface area contributed by atoms with Crippen molar-refractivity contribution in [3.63, 3.8) is 0 Å². The second-order valence-electron chi connectivity index (χ2n) is 3.12. The van der Waals surface area contributed by atoms with E-state index in [9.17, 15) is 4.79 Å². The zero-order chi connectivity index (χ0) is 9.84. The van der Waals surface area contributed by atoms with E-state index >= 15 is 0 Å². The molecule has 0 aliphatic rings. The van der Waals surface area contributed by atoms with E-state index in [0.29, 0.717) is 6.54 Å². The summed E-state index contributed by atoms with van der Waals surface area (Å²) >= 11 is 0. The Morgan fingerprint density at radius 3 is 2.92 bits per heavy atom. The highest BCUT2D eigenvalue weighted by atomic mass is 16.1. The van der Waals surface area contributed by atoms with Crippen molar-refractivity contribution in [2.75, 3.05) is 26.4 Å². The molecule has 13 heavy (non-hydrogen) atoms. The van der Waals surface area contributed by atoms with Gasteiger partial charge in [-0.2, -0.15) is 5.10 Å². The van der Waals surface area contributed by atoms with Crippen LogP contribution in [0, 0.1) is 0 Å². The Bertz CT molecular complexity index is 331. The number of nitrogen functional groups attached to an aromatic ring is 1. The highest BCUT2D eigenvalue weighted by Gasteiger charge is 2.00. The summed E-state index contributed by atoms with van der Waals surface area (Å²) in [7, 11) is 3.88. The topological polar surface area (TPSA) is 64.2 Å². The predicted octanol–water partition coefficient (Wildman–Crippen LogP) is -0.613. The Morgan fingerprint density at radius 1 is 1.62 bits per heavy atom. The molecule has 72 valence electrons. The molecule has 1 heterocycles. The molecule has 0 aromatic carbocycles. The Labute approximate surface area is 76.8 Å². The molecule has 0 bridgehead atoms. The van der Waals surface area contributed by atoms with Gasteiger partial charge in [-0.1, -0.05) is 0 Å². The summed E-state index contributed by atoms with van der Waals surface area (Å²) in [6.07, 6.45) is 1.53. The third kappa shape index (κ3) is 2.55. The fourth-order valence-corrected chi connectivity index (χ4v) is 0.921. The molecule has 1 aromatic heterocycles. The van der Waals surface area contributed by atoms with Gasteiger partial charge in [0, 0.05) is 12.7 Å². The van der Waals surface area contributed by atoms with E-state index in [2.05, 4.69) is 5.10 Å². The van der Waals surface area contributed by atoms with E-state index in [-0.39, 0.29) is 11.2 Å². The van der Waals surface area contributed by atoms with Gasteiger partial charge in [0.15, 0.2) is 0 Å². The average Bonchev–Trinajstić information content (AvgIpc) is 2.07. The van der Waals surface area contributed by atoms with Crippen molar-refractivity contribution in [3.05, 3.63) is 22.6 Å². The van der Waals surface area contributed by atoms with Crippen LogP contribution < -0.4 is 11.3 Å². The van der Waals surface area contributed by atoms with Gasteiger partial charge >= 0.3 is 0 Å². The molecule has 1 aromatic rings. The third-order valence-electron chi connectivity index (χ3n) is 1.70. The van der Waals surface area contributed by atoms with Gasteiger partial charge < -0.3 is 10.6 Å². The fraction of sp³-hybridized carbons (Fsp3) is 0.500. The molecule has 0 spiro atoms. The molecule has 0 fully saturated rings. The quantitative estimate of drug-likeness (QED) is 0.677. The number of aromatic nitrogens is 2. The lowest BCUT2D eigenvalue weighted by Crippen LogP contribution is -2.29. The highest BCUT2D eigenvalue weighted by Crippen LogP contribution is 1.88. The molecule has 0 saturated carbocycles. The molecule has 1 rings (SSSR count). The lowest BCUT2D eigenvalue weighted by atomic mass is 10.5. The molecule has 0 unspecified atom stereocenters. The second-order valence-corrected chi connectivity index (χ2v) is 3.12. The van der Waals surface area contributed by atoms with E-state index in [1.54, 1.807) is 0 Å². The lowest BCUT2D eigenvalue weighted by molar-refractivity contribution is 0.368. The summed E-state index contributed by atoms with van der Waals surface area (Å²) in [6, 6.07) is 1.51. The van der Waals surface area contributed by atoms with E-state index in [0.717, 1.165) is 6.54 Å². The van der Waals surface area contributed by atoms with Gasteiger partial charge in [0.2, 0.25) is 0 Å². The molecular formula is C8H14N4O. The van der Waals surface area contributed by atoms with Crippen LogP contribution in [0.25, 0.3) is 0 Å². The summed E-state index contributed by atoms with van der Waals surface area (Å²) < 4.78 is 1.37. The largest absolute Gasteiger partial charge is 0.394 e. The molecule has 0 radical (unpaired) electrons. The molecule has 5 heteroatoms. The second kappa shape index (κ2) is 4.04. The number of likely N-dealkylation sites (N-methyl/N-ethyl adjacent to an activating group) is 1. The highest BCUT2D eigenvalue weighted by molar-refractivity contribution is 5.31. The maximum atomic E-state index is 11.3. The van der Waals surface area contributed by atoms with Crippen LogP contribution in [-0.4, -0.2) is 35.3 Å². The first kappa shape index (κ1) is 9.73. The molecular weight excluding hydrogens is 168 g/mol. The van der Waals surface area contributed by atoms with Crippen LogP contribution in [0.4, 0.5) is 5.69 Å². The van der Waals surface area contributed by atoms with Crippen molar-refractivity contribution in [3.8, 4) is 0 Å². The predicted molar refractivity (Wildman–Crippen MR) is 51.5 cm³/mol. The number of hydrogen-bond acceptors (Lipinski definition) is 4. The summed E-state index contributed by atoms with van der Waals surface area (Å²) in [5, 5.41) is 3.91. The minimum atomic E-state index is -0.218. The SMILES string of the molecule is CN(C)CCn1nccc(N)c1=O. The van der Waals surface area contributed by atoms with Gasteiger partial charge in [-0.05, 0) is 20.2 Å². The van der Waals surface area contributed by atoms with Crippen LogP contribution in [0.15, 0.2) is 17.1 Å². The van der Waals surface area contributed by atoms with Crippen molar-refractivity contribution in [1.29, 1.82) is 0 Å². The van der Waals surface area contributed by atoms with Gasteiger partial charge in [-0.25, -0.2) is 4.68 Å². The zero-order valence-corrected chi connectivity index (χ0v) is 7.90. The van der Waals surface area contributed by atoms with E-state index < -0.39 is 0 Å². The van der Waals surface area contributed by atoms with Crippen molar-refractivity contribution < 1.29 is 0 Å². The fourth-order valence-electron chi connectivity index (χ4n) is 0.921. The van der Waals surface area contributed by atoms with Gasteiger partial charge in [-0.15, -0.1) is 0 Å². The average molecular weight is 182 g/mol. The van der Waals surface area contributed by atoms with Crippen molar-refractivity contribution in [2.45, 2.75) is 6.54 Å². The number of nitrogens with two attached hydrogens (primary N) is 1. The summed E-state index contributed by atoms with van der Waals surface area (Å²) in [4.78, 5) is 13.3. The lowest BCUT2D eigenvalue weighted by Gasteiger charge is -2.09.